The van der Waals surface area contributed by atoms with Gasteiger partial charge >= 0.3 is 5.97 Å². The second-order valence-corrected chi connectivity index (χ2v) is 8.94. The quantitative estimate of drug-likeness (QED) is 0.628. The van der Waals surface area contributed by atoms with E-state index in [1.807, 2.05) is 17.5 Å². The molecule has 0 amide bonds. The summed E-state index contributed by atoms with van der Waals surface area (Å²) < 4.78 is 32.7. The van der Waals surface area contributed by atoms with Crippen LogP contribution >= 0.6 is 22.7 Å². The molecule has 0 bridgehead atoms. The van der Waals surface area contributed by atoms with Crippen molar-refractivity contribution in [2.45, 2.75) is 11.1 Å². The van der Waals surface area contributed by atoms with Crippen LogP contribution in [0.4, 0.5) is 5.69 Å². The highest BCUT2D eigenvalue weighted by Gasteiger charge is 2.18. The lowest BCUT2D eigenvalue weighted by Gasteiger charge is -2.07. The average molecular weight is 394 g/mol. The van der Waals surface area contributed by atoms with Crippen LogP contribution in [0.25, 0.3) is 9.75 Å². The van der Waals surface area contributed by atoms with Crippen LogP contribution in [0.5, 0.6) is 0 Å². The van der Waals surface area contributed by atoms with Gasteiger partial charge in [0.15, 0.2) is 0 Å². The van der Waals surface area contributed by atoms with E-state index in [4.69, 9.17) is 4.74 Å². The number of sulfonamides is 1. The minimum Gasteiger partial charge on any atom is -0.462 e. The summed E-state index contributed by atoms with van der Waals surface area (Å²) in [7, 11) is -3.67. The Kier molecular flexibility index (Phi) is 5.22. The van der Waals surface area contributed by atoms with Crippen molar-refractivity contribution in [3.05, 3.63) is 59.5 Å². The molecule has 0 saturated heterocycles. The Balaban J connectivity index is 1.76. The number of esters is 1. The summed E-state index contributed by atoms with van der Waals surface area (Å²) in [5.74, 6) is -0.434. The molecule has 1 N–H and O–H groups in total. The zero-order chi connectivity index (χ0) is 17.9. The summed E-state index contributed by atoms with van der Waals surface area (Å²) >= 11 is 2.78. The maximum absolute atomic E-state index is 12.5. The van der Waals surface area contributed by atoms with Gasteiger partial charge in [0.25, 0.3) is 10.0 Å². The SMILES string of the molecule is CCOC(=O)c1ccc(NS(=O)(=O)c2ccc(-c3cccs3)s2)cc1. The summed E-state index contributed by atoms with van der Waals surface area (Å²) in [6.07, 6.45) is 0. The smallest absolute Gasteiger partial charge is 0.338 e. The molecule has 0 unspecified atom stereocenters. The number of carbonyl (C=O) groups excluding carboxylic acids is 1. The van der Waals surface area contributed by atoms with E-state index in [9.17, 15) is 13.2 Å². The number of carbonyl (C=O) groups is 1. The van der Waals surface area contributed by atoms with Crippen molar-refractivity contribution >= 4 is 44.4 Å². The standard InChI is InChI=1S/C17H15NO4S3/c1-2-22-17(19)12-5-7-13(8-6-12)18-25(20,21)16-10-9-15(24-16)14-4-3-11-23-14/h3-11,18H,2H2,1H3. The molecule has 2 heterocycles. The van der Waals surface area contributed by atoms with Gasteiger partial charge in [-0.25, -0.2) is 13.2 Å². The van der Waals surface area contributed by atoms with Gasteiger partial charge < -0.3 is 4.74 Å². The third-order valence-electron chi connectivity index (χ3n) is 3.26. The minimum atomic E-state index is -3.67. The highest BCUT2D eigenvalue weighted by atomic mass is 32.2. The zero-order valence-corrected chi connectivity index (χ0v) is 15.7. The molecule has 25 heavy (non-hydrogen) atoms. The number of ether oxygens (including phenoxy) is 1. The van der Waals surface area contributed by atoms with Gasteiger partial charge in [0.05, 0.1) is 12.2 Å². The topological polar surface area (TPSA) is 72.5 Å². The largest absolute Gasteiger partial charge is 0.462 e. The lowest BCUT2D eigenvalue weighted by molar-refractivity contribution is 0.0526. The van der Waals surface area contributed by atoms with E-state index in [0.29, 0.717) is 11.3 Å². The van der Waals surface area contributed by atoms with Gasteiger partial charge in [-0.3, -0.25) is 4.72 Å². The van der Waals surface area contributed by atoms with Crippen LogP contribution in [0, 0.1) is 0 Å². The van der Waals surface area contributed by atoms with Gasteiger partial charge in [-0.15, -0.1) is 22.7 Å². The fourth-order valence-corrected chi connectivity index (χ4v) is 5.31. The molecule has 0 atom stereocenters. The molecule has 0 aliphatic carbocycles. The Morgan fingerprint density at radius 3 is 2.48 bits per heavy atom. The van der Waals surface area contributed by atoms with Crippen LogP contribution in [0.15, 0.2) is 58.1 Å². The average Bonchev–Trinajstić information content (AvgIpc) is 3.27. The first-order valence-corrected chi connectivity index (χ1v) is 10.6. The highest BCUT2D eigenvalue weighted by Crippen LogP contribution is 2.34. The molecular weight excluding hydrogens is 378 g/mol. The lowest BCUT2D eigenvalue weighted by atomic mass is 10.2. The van der Waals surface area contributed by atoms with E-state index < -0.39 is 16.0 Å². The number of benzene rings is 1. The second kappa shape index (κ2) is 7.38. The van der Waals surface area contributed by atoms with Crippen molar-refractivity contribution in [3.8, 4) is 9.75 Å². The van der Waals surface area contributed by atoms with Crippen molar-refractivity contribution in [1.29, 1.82) is 0 Å². The highest BCUT2D eigenvalue weighted by molar-refractivity contribution is 7.94. The van der Waals surface area contributed by atoms with E-state index in [1.165, 1.54) is 35.6 Å². The van der Waals surface area contributed by atoms with Gasteiger partial charge in [0.1, 0.15) is 4.21 Å². The fourth-order valence-electron chi connectivity index (χ4n) is 2.11. The van der Waals surface area contributed by atoms with Crippen LogP contribution in [-0.2, 0) is 14.8 Å². The van der Waals surface area contributed by atoms with Crippen LogP contribution in [-0.4, -0.2) is 21.0 Å². The molecule has 8 heteroatoms. The summed E-state index contributed by atoms with van der Waals surface area (Å²) in [4.78, 5) is 13.6. The van der Waals surface area contributed by atoms with Gasteiger partial charge in [-0.1, -0.05) is 6.07 Å². The third-order valence-corrected chi connectivity index (χ3v) is 7.28. The summed E-state index contributed by atoms with van der Waals surface area (Å²) in [6.45, 7) is 2.02. The maximum Gasteiger partial charge on any atom is 0.338 e. The molecular formula is C17H15NO4S3. The van der Waals surface area contributed by atoms with Crippen molar-refractivity contribution in [1.82, 2.24) is 0 Å². The molecule has 0 aliphatic heterocycles. The Hall–Kier alpha value is -2.16. The first kappa shape index (κ1) is 17.7. The van der Waals surface area contributed by atoms with Crippen molar-refractivity contribution in [3.63, 3.8) is 0 Å². The molecule has 2 aromatic heterocycles. The van der Waals surface area contributed by atoms with Gasteiger partial charge in [-0.2, -0.15) is 0 Å². The summed E-state index contributed by atoms with van der Waals surface area (Å²) in [5, 5.41) is 1.95. The molecule has 3 aromatic rings. The summed E-state index contributed by atoms with van der Waals surface area (Å²) in [5.41, 5.74) is 0.764. The van der Waals surface area contributed by atoms with Gasteiger partial charge in [0, 0.05) is 15.4 Å². The molecule has 5 nitrogen and oxygen atoms in total. The first-order chi connectivity index (χ1) is 12.0. The molecule has 0 fully saturated rings. The third kappa shape index (κ3) is 4.09. The van der Waals surface area contributed by atoms with Crippen molar-refractivity contribution in [2.75, 3.05) is 11.3 Å². The predicted octanol–water partition coefficient (Wildman–Crippen LogP) is 4.45. The number of nitrogens with one attached hydrogen (secondary N) is 1. The molecule has 0 radical (unpaired) electrons. The number of anilines is 1. The maximum atomic E-state index is 12.5. The van der Waals surface area contributed by atoms with E-state index >= 15 is 0 Å². The summed E-state index contributed by atoms with van der Waals surface area (Å²) in [6, 6.07) is 13.4. The lowest BCUT2D eigenvalue weighted by Crippen LogP contribution is -2.11. The minimum absolute atomic E-state index is 0.241. The van der Waals surface area contributed by atoms with Crippen molar-refractivity contribution in [2.24, 2.45) is 0 Å². The Morgan fingerprint density at radius 1 is 1.08 bits per heavy atom. The Bertz CT molecular complexity index is 958. The number of hydrogen-bond acceptors (Lipinski definition) is 6. The second-order valence-electron chi connectivity index (χ2n) is 5.00. The van der Waals surface area contributed by atoms with Gasteiger partial charge in [-0.05, 0) is 54.8 Å². The van der Waals surface area contributed by atoms with Crippen LogP contribution in [0.1, 0.15) is 17.3 Å². The molecule has 0 saturated carbocycles. The number of rotatable bonds is 6. The van der Waals surface area contributed by atoms with Crippen molar-refractivity contribution < 1.29 is 17.9 Å². The molecule has 0 spiro atoms. The molecule has 3 rings (SSSR count). The molecule has 0 aliphatic rings. The first-order valence-electron chi connectivity index (χ1n) is 7.43. The Morgan fingerprint density at radius 2 is 1.84 bits per heavy atom. The number of hydrogen-bond donors (Lipinski definition) is 1. The van der Waals surface area contributed by atoms with Gasteiger partial charge in [0.2, 0.25) is 0 Å². The number of thiophene rings is 2. The van der Waals surface area contributed by atoms with Crippen LogP contribution in [0.2, 0.25) is 0 Å². The fraction of sp³-hybridized carbons (Fsp3) is 0.118. The van der Waals surface area contributed by atoms with Crippen LogP contribution < -0.4 is 4.72 Å². The normalized spacial score (nSPS) is 11.2. The monoisotopic (exact) mass is 393 g/mol. The van der Waals surface area contributed by atoms with E-state index in [2.05, 4.69) is 4.72 Å². The predicted molar refractivity (Wildman–Crippen MR) is 101 cm³/mol. The molecule has 130 valence electrons. The van der Waals surface area contributed by atoms with E-state index in [0.717, 1.165) is 9.75 Å². The van der Waals surface area contributed by atoms with E-state index in [1.54, 1.807) is 30.4 Å². The molecule has 1 aromatic carbocycles. The Labute approximate surface area is 154 Å². The van der Waals surface area contributed by atoms with E-state index in [-0.39, 0.29) is 10.8 Å². The zero-order valence-electron chi connectivity index (χ0n) is 13.3. The van der Waals surface area contributed by atoms with Crippen LogP contribution in [0.3, 0.4) is 0 Å².